The molecule has 2 rings (SSSR count). The van der Waals surface area contributed by atoms with Gasteiger partial charge in [-0.1, -0.05) is 31.2 Å². The molecule has 3 unspecified atom stereocenters. The van der Waals surface area contributed by atoms with E-state index in [4.69, 9.17) is 0 Å². The van der Waals surface area contributed by atoms with E-state index in [1.165, 1.54) is 17.5 Å². The van der Waals surface area contributed by atoms with Crippen molar-refractivity contribution in [2.75, 3.05) is 13.1 Å². The van der Waals surface area contributed by atoms with Crippen molar-refractivity contribution in [1.82, 2.24) is 10.6 Å². The zero-order valence-corrected chi connectivity index (χ0v) is 13.6. The van der Waals surface area contributed by atoms with E-state index >= 15 is 0 Å². The lowest BCUT2D eigenvalue weighted by molar-refractivity contribution is 0.163. The summed E-state index contributed by atoms with van der Waals surface area (Å²) in [6.07, 6.45) is 3.86. The van der Waals surface area contributed by atoms with Crippen molar-refractivity contribution in [3.8, 4) is 0 Å². The molecule has 22 heavy (non-hydrogen) atoms. The molecular formula is C18H28N2O2. The average Bonchev–Trinajstić information content (AvgIpc) is 2.50. The summed E-state index contributed by atoms with van der Waals surface area (Å²) in [5.74, 6) is 0.701. The van der Waals surface area contributed by atoms with Gasteiger partial charge in [0.15, 0.2) is 0 Å². The lowest BCUT2D eigenvalue weighted by Gasteiger charge is -2.25. The maximum absolute atomic E-state index is 11.9. The number of benzene rings is 1. The number of hydrogen-bond donors (Lipinski definition) is 3. The Kier molecular flexibility index (Phi) is 6.25. The Morgan fingerprint density at radius 2 is 2.09 bits per heavy atom. The molecule has 3 atom stereocenters. The van der Waals surface area contributed by atoms with Gasteiger partial charge in [0.1, 0.15) is 0 Å². The van der Waals surface area contributed by atoms with Gasteiger partial charge in [0.25, 0.3) is 0 Å². The van der Waals surface area contributed by atoms with Gasteiger partial charge in [-0.15, -0.1) is 0 Å². The van der Waals surface area contributed by atoms with Crippen LogP contribution in [0.4, 0.5) is 4.79 Å². The van der Waals surface area contributed by atoms with E-state index in [2.05, 4.69) is 34.9 Å². The first-order valence-corrected chi connectivity index (χ1v) is 8.33. The molecule has 122 valence electrons. The van der Waals surface area contributed by atoms with Crippen molar-refractivity contribution in [3.63, 3.8) is 0 Å². The van der Waals surface area contributed by atoms with Crippen molar-refractivity contribution in [2.45, 2.75) is 51.6 Å². The van der Waals surface area contributed by atoms with E-state index in [-0.39, 0.29) is 18.1 Å². The first-order chi connectivity index (χ1) is 10.6. The lowest BCUT2D eigenvalue weighted by Crippen LogP contribution is -2.40. The summed E-state index contributed by atoms with van der Waals surface area (Å²) in [6.45, 7) is 5.09. The molecule has 4 heteroatoms. The number of aliphatic hydroxyl groups excluding tert-OH is 1. The molecule has 0 bridgehead atoms. The molecule has 0 aromatic heterocycles. The van der Waals surface area contributed by atoms with E-state index in [0.29, 0.717) is 25.4 Å². The van der Waals surface area contributed by atoms with E-state index in [0.717, 1.165) is 12.8 Å². The van der Waals surface area contributed by atoms with Crippen LogP contribution in [0.1, 0.15) is 50.2 Å². The first-order valence-electron chi connectivity index (χ1n) is 8.33. The van der Waals surface area contributed by atoms with E-state index in [1.54, 1.807) is 6.92 Å². The van der Waals surface area contributed by atoms with Crippen molar-refractivity contribution in [2.24, 2.45) is 5.92 Å². The van der Waals surface area contributed by atoms with Crippen LogP contribution in [0.2, 0.25) is 0 Å². The molecule has 1 aliphatic carbocycles. The van der Waals surface area contributed by atoms with Crippen molar-refractivity contribution >= 4 is 6.03 Å². The number of hydrogen-bond acceptors (Lipinski definition) is 2. The number of aryl methyl sites for hydroxylation is 1. The average molecular weight is 304 g/mol. The maximum atomic E-state index is 11.9. The molecule has 3 N–H and O–H groups in total. The monoisotopic (exact) mass is 304 g/mol. The van der Waals surface area contributed by atoms with Crippen molar-refractivity contribution in [1.29, 1.82) is 0 Å². The number of carbonyl (C=O) groups excluding carboxylic acids is 1. The Labute approximate surface area is 133 Å². The predicted octanol–water partition coefficient (Wildman–Crippen LogP) is 2.81. The molecule has 1 aromatic rings. The van der Waals surface area contributed by atoms with Crippen LogP contribution in [0.3, 0.4) is 0 Å². The van der Waals surface area contributed by atoms with E-state index in [9.17, 15) is 9.90 Å². The molecule has 0 spiro atoms. The second kappa shape index (κ2) is 8.18. The Balaban J connectivity index is 1.75. The Bertz CT molecular complexity index is 488. The molecule has 2 amide bonds. The van der Waals surface area contributed by atoms with E-state index in [1.807, 2.05) is 6.92 Å². The summed E-state index contributed by atoms with van der Waals surface area (Å²) in [6, 6.07) is 8.43. The van der Waals surface area contributed by atoms with Gasteiger partial charge in [0.05, 0.1) is 6.10 Å². The topological polar surface area (TPSA) is 61.4 Å². The number of amides is 2. The van der Waals surface area contributed by atoms with Gasteiger partial charge in [0, 0.05) is 19.0 Å². The fraction of sp³-hybridized carbons (Fsp3) is 0.611. The van der Waals surface area contributed by atoms with Gasteiger partial charge in [0.2, 0.25) is 0 Å². The van der Waals surface area contributed by atoms with Crippen LogP contribution in [0.5, 0.6) is 0 Å². The highest BCUT2D eigenvalue weighted by molar-refractivity contribution is 5.73. The van der Waals surface area contributed by atoms with Crippen LogP contribution in [0.25, 0.3) is 0 Å². The van der Waals surface area contributed by atoms with Gasteiger partial charge < -0.3 is 15.7 Å². The van der Waals surface area contributed by atoms with Crippen LogP contribution < -0.4 is 10.6 Å². The van der Waals surface area contributed by atoms with Gasteiger partial charge in [-0.3, -0.25) is 0 Å². The van der Waals surface area contributed by atoms with Gasteiger partial charge in [-0.25, -0.2) is 4.79 Å². The highest BCUT2D eigenvalue weighted by atomic mass is 16.3. The normalized spacial score (nSPS) is 19.9. The Hall–Kier alpha value is -1.55. The molecule has 0 aliphatic heterocycles. The van der Waals surface area contributed by atoms with Crippen LogP contribution in [-0.2, 0) is 6.42 Å². The summed E-state index contributed by atoms with van der Waals surface area (Å²) < 4.78 is 0. The quantitative estimate of drug-likeness (QED) is 0.757. The largest absolute Gasteiger partial charge is 0.393 e. The number of fused-ring (bicyclic) bond motifs is 1. The summed E-state index contributed by atoms with van der Waals surface area (Å²) in [4.78, 5) is 11.9. The fourth-order valence-electron chi connectivity index (χ4n) is 3.28. The molecule has 0 saturated heterocycles. The molecule has 0 radical (unpaired) electrons. The second-order valence-corrected chi connectivity index (χ2v) is 6.57. The van der Waals surface area contributed by atoms with Crippen molar-refractivity contribution in [3.05, 3.63) is 35.4 Å². The number of nitrogens with one attached hydrogen (secondary N) is 2. The second-order valence-electron chi connectivity index (χ2n) is 6.57. The molecule has 0 heterocycles. The van der Waals surface area contributed by atoms with Crippen LogP contribution in [-0.4, -0.2) is 30.3 Å². The van der Waals surface area contributed by atoms with Gasteiger partial charge in [-0.05, 0) is 49.7 Å². The van der Waals surface area contributed by atoms with Gasteiger partial charge >= 0.3 is 6.03 Å². The third-order valence-electron chi connectivity index (χ3n) is 4.36. The SMILES string of the molecule is CC(O)CC(C)CNC(=O)NCC1CCCc2ccccc21. The van der Waals surface area contributed by atoms with Crippen LogP contribution >= 0.6 is 0 Å². The van der Waals surface area contributed by atoms with E-state index < -0.39 is 0 Å². The van der Waals surface area contributed by atoms with Gasteiger partial charge in [-0.2, -0.15) is 0 Å². The highest BCUT2D eigenvalue weighted by Crippen LogP contribution is 2.30. The molecule has 1 aliphatic rings. The molecule has 0 fully saturated rings. The third kappa shape index (κ3) is 5.02. The fourth-order valence-corrected chi connectivity index (χ4v) is 3.28. The number of carbonyl (C=O) groups is 1. The molecule has 0 saturated carbocycles. The lowest BCUT2D eigenvalue weighted by atomic mass is 9.83. The maximum Gasteiger partial charge on any atom is 0.314 e. The van der Waals surface area contributed by atoms with Crippen molar-refractivity contribution < 1.29 is 9.90 Å². The molecular weight excluding hydrogens is 276 g/mol. The highest BCUT2D eigenvalue weighted by Gasteiger charge is 2.20. The Morgan fingerprint density at radius 1 is 1.32 bits per heavy atom. The minimum absolute atomic E-state index is 0.111. The standard InChI is InChI=1S/C18H28N2O2/c1-13(10-14(2)21)11-19-18(22)20-12-16-8-5-7-15-6-3-4-9-17(15)16/h3-4,6,9,13-14,16,21H,5,7-8,10-12H2,1-2H3,(H2,19,20,22). The molecule has 1 aromatic carbocycles. The number of rotatable bonds is 6. The smallest absolute Gasteiger partial charge is 0.314 e. The first kappa shape index (κ1) is 16.8. The van der Waals surface area contributed by atoms with Crippen LogP contribution in [0.15, 0.2) is 24.3 Å². The summed E-state index contributed by atoms with van der Waals surface area (Å²) in [5, 5.41) is 15.2. The number of aliphatic hydroxyl groups is 1. The molecule has 4 nitrogen and oxygen atoms in total. The zero-order chi connectivity index (χ0) is 15.9. The van der Waals surface area contributed by atoms with Crippen LogP contribution in [0, 0.1) is 5.92 Å². The zero-order valence-electron chi connectivity index (χ0n) is 13.6. The third-order valence-corrected chi connectivity index (χ3v) is 4.36. The Morgan fingerprint density at radius 3 is 2.86 bits per heavy atom. The predicted molar refractivity (Wildman–Crippen MR) is 89.0 cm³/mol. The summed E-state index contributed by atoms with van der Waals surface area (Å²) >= 11 is 0. The minimum Gasteiger partial charge on any atom is -0.393 e. The summed E-state index contributed by atoms with van der Waals surface area (Å²) in [5.41, 5.74) is 2.81. The summed E-state index contributed by atoms with van der Waals surface area (Å²) in [7, 11) is 0. The number of urea groups is 1. The minimum atomic E-state index is -0.321.